The molecule has 0 aromatic heterocycles. The normalized spacial score (nSPS) is 15.8. The molecule has 144 valence electrons. The fraction of sp³-hybridized carbons (Fsp3) is 0.208. The molecule has 3 aromatic carbocycles. The molecule has 0 unspecified atom stereocenters. The third kappa shape index (κ3) is 3.15. The van der Waals surface area contributed by atoms with Gasteiger partial charge in [-0.1, -0.05) is 0 Å². The summed E-state index contributed by atoms with van der Waals surface area (Å²) >= 11 is 7.93. The van der Waals surface area contributed by atoms with Gasteiger partial charge in [-0.2, -0.15) is 0 Å². The fourth-order valence-electron chi connectivity index (χ4n) is 4.26. The van der Waals surface area contributed by atoms with Crippen LogP contribution in [0.15, 0.2) is 91.0 Å². The van der Waals surface area contributed by atoms with Gasteiger partial charge in [0.1, 0.15) is 0 Å². The van der Waals surface area contributed by atoms with Crippen LogP contribution in [0.25, 0.3) is 0 Å². The van der Waals surface area contributed by atoms with Gasteiger partial charge in [0.25, 0.3) is 0 Å². The summed E-state index contributed by atoms with van der Waals surface area (Å²) in [7, 11) is 0. The Hall–Kier alpha value is -2.15. The summed E-state index contributed by atoms with van der Waals surface area (Å²) in [5.41, 5.74) is 0. The maximum atomic E-state index is 13.5. The van der Waals surface area contributed by atoms with Crippen LogP contribution in [0.5, 0.6) is 0 Å². The monoisotopic (exact) mass is 409 g/mol. The van der Waals surface area contributed by atoms with Crippen LogP contribution in [0.2, 0.25) is 0 Å². The van der Waals surface area contributed by atoms with E-state index in [0.717, 1.165) is 41.8 Å². The van der Waals surface area contributed by atoms with Crippen molar-refractivity contribution in [1.29, 1.82) is 0 Å². The Labute approximate surface area is 171 Å². The van der Waals surface area contributed by atoms with Gasteiger partial charge < -0.3 is 0 Å². The van der Waals surface area contributed by atoms with E-state index in [9.17, 15) is 4.79 Å². The zero-order chi connectivity index (χ0) is 19.5. The van der Waals surface area contributed by atoms with Crippen LogP contribution in [0.4, 0.5) is 0 Å². The maximum absolute atomic E-state index is 13.5. The van der Waals surface area contributed by atoms with Crippen molar-refractivity contribution in [3.8, 4) is 0 Å². The number of likely N-dealkylation sites (tertiary alicyclic amines) is 1. The van der Waals surface area contributed by atoms with E-state index in [4.69, 9.17) is 11.2 Å². The van der Waals surface area contributed by atoms with E-state index in [1.165, 1.54) is 0 Å². The number of halogens is 1. The molecule has 1 amide bonds. The molecule has 0 aliphatic carbocycles. The SMILES string of the molecule is O=C(CP(Cl)(c1ccccc1)(c1ccccc1)c1ccccc1)N1CCCC1. The van der Waals surface area contributed by atoms with Gasteiger partial charge in [0.2, 0.25) is 0 Å². The third-order valence-electron chi connectivity index (χ3n) is 5.77. The molecule has 1 aliphatic heterocycles. The number of amides is 1. The molecular formula is C24H25ClNOP. The Morgan fingerprint density at radius 2 is 1.07 bits per heavy atom. The standard InChI is InChI=1S/C24H25ClNOP/c25-28(21-12-4-1-5-13-21,22-14-6-2-7-15-22,23-16-8-3-9-17-23)20-24(27)26-18-10-11-19-26/h1-9,12-17H,10-11,18-20H2. The van der Waals surface area contributed by atoms with E-state index in [-0.39, 0.29) is 5.91 Å². The second-order valence-electron chi connectivity index (χ2n) is 7.44. The molecule has 28 heavy (non-hydrogen) atoms. The third-order valence-corrected chi connectivity index (χ3v) is 12.9. The van der Waals surface area contributed by atoms with Crippen LogP contribution in [0, 0.1) is 0 Å². The van der Waals surface area contributed by atoms with Crippen molar-refractivity contribution in [2.45, 2.75) is 12.8 Å². The molecule has 0 N–H and O–H groups in total. The Kier molecular flexibility index (Phi) is 5.27. The fourth-order valence-corrected chi connectivity index (χ4v) is 10.1. The second-order valence-corrected chi connectivity index (χ2v) is 13.9. The molecule has 0 radical (unpaired) electrons. The van der Waals surface area contributed by atoms with Crippen molar-refractivity contribution in [3.63, 3.8) is 0 Å². The molecule has 1 aliphatic rings. The van der Waals surface area contributed by atoms with E-state index < -0.39 is 5.96 Å². The molecular weight excluding hydrogens is 385 g/mol. The quantitative estimate of drug-likeness (QED) is 0.575. The van der Waals surface area contributed by atoms with E-state index >= 15 is 0 Å². The molecule has 2 nitrogen and oxygen atoms in total. The first-order chi connectivity index (χ1) is 13.6. The minimum atomic E-state index is -3.49. The zero-order valence-corrected chi connectivity index (χ0v) is 17.5. The summed E-state index contributed by atoms with van der Waals surface area (Å²) < 4.78 is 0. The predicted octanol–water partition coefficient (Wildman–Crippen LogP) is 4.29. The molecule has 0 saturated carbocycles. The number of rotatable bonds is 5. The van der Waals surface area contributed by atoms with E-state index in [1.54, 1.807) is 0 Å². The van der Waals surface area contributed by atoms with Gasteiger partial charge in [0.15, 0.2) is 0 Å². The Morgan fingerprint density at radius 3 is 1.43 bits per heavy atom. The van der Waals surface area contributed by atoms with Crippen molar-refractivity contribution in [2.75, 3.05) is 19.3 Å². The predicted molar refractivity (Wildman–Crippen MR) is 122 cm³/mol. The van der Waals surface area contributed by atoms with Crippen molar-refractivity contribution >= 4 is 39.0 Å². The van der Waals surface area contributed by atoms with E-state index in [1.807, 2.05) is 59.5 Å². The van der Waals surface area contributed by atoms with Crippen molar-refractivity contribution in [1.82, 2.24) is 4.90 Å². The van der Waals surface area contributed by atoms with Crippen LogP contribution in [-0.2, 0) is 4.79 Å². The summed E-state index contributed by atoms with van der Waals surface area (Å²) in [6.07, 6.45) is 2.46. The molecule has 4 heteroatoms. The first kappa shape index (κ1) is 19.2. The Morgan fingerprint density at radius 1 is 0.714 bits per heavy atom. The Bertz CT molecular complexity index is 841. The minimum absolute atomic E-state index is 0.154. The van der Waals surface area contributed by atoms with Gasteiger partial charge in [0, 0.05) is 0 Å². The Balaban J connectivity index is 1.99. The van der Waals surface area contributed by atoms with E-state index in [2.05, 4.69) is 36.4 Å². The van der Waals surface area contributed by atoms with Gasteiger partial charge in [-0.05, 0) is 0 Å². The van der Waals surface area contributed by atoms with Crippen molar-refractivity contribution in [2.24, 2.45) is 0 Å². The molecule has 1 saturated heterocycles. The van der Waals surface area contributed by atoms with Crippen molar-refractivity contribution < 1.29 is 4.79 Å². The summed E-state index contributed by atoms with van der Waals surface area (Å²) in [4.78, 5) is 15.4. The summed E-state index contributed by atoms with van der Waals surface area (Å²) in [6.45, 7) is 1.67. The number of nitrogens with zero attached hydrogens (tertiary/aromatic N) is 1. The van der Waals surface area contributed by atoms with Gasteiger partial charge >= 0.3 is 172 Å². The number of benzene rings is 3. The van der Waals surface area contributed by atoms with Gasteiger partial charge in [-0.3, -0.25) is 0 Å². The number of carbonyl (C=O) groups is 1. The molecule has 3 aromatic rings. The molecule has 0 spiro atoms. The van der Waals surface area contributed by atoms with Crippen molar-refractivity contribution in [3.05, 3.63) is 91.0 Å². The van der Waals surface area contributed by atoms with Gasteiger partial charge in [0.05, 0.1) is 0 Å². The second kappa shape index (κ2) is 7.70. The topological polar surface area (TPSA) is 20.3 Å². The van der Waals surface area contributed by atoms with Crippen LogP contribution >= 0.6 is 17.2 Å². The molecule has 4 rings (SSSR count). The first-order valence-electron chi connectivity index (χ1n) is 9.80. The van der Waals surface area contributed by atoms with Crippen LogP contribution in [-0.4, -0.2) is 30.1 Å². The summed E-state index contributed by atoms with van der Waals surface area (Å²) in [6, 6.07) is 30.6. The molecule has 1 fully saturated rings. The average molecular weight is 410 g/mol. The van der Waals surface area contributed by atoms with E-state index in [0.29, 0.717) is 6.16 Å². The number of hydrogen-bond donors (Lipinski definition) is 0. The number of hydrogen-bond acceptors (Lipinski definition) is 1. The first-order valence-corrected chi connectivity index (χ1v) is 13.1. The van der Waals surface area contributed by atoms with Gasteiger partial charge in [-0.25, -0.2) is 0 Å². The molecule has 0 atom stereocenters. The van der Waals surface area contributed by atoms with Crippen LogP contribution in [0.3, 0.4) is 0 Å². The molecule has 0 bridgehead atoms. The van der Waals surface area contributed by atoms with Crippen LogP contribution in [0.1, 0.15) is 12.8 Å². The number of carbonyl (C=O) groups excluding carboxylic acids is 1. The van der Waals surface area contributed by atoms with Crippen LogP contribution < -0.4 is 15.9 Å². The molecule has 1 heterocycles. The van der Waals surface area contributed by atoms with Gasteiger partial charge in [-0.15, -0.1) is 0 Å². The summed E-state index contributed by atoms with van der Waals surface area (Å²) in [5, 5.41) is 3.13. The average Bonchev–Trinajstić information content (AvgIpc) is 3.31. The summed E-state index contributed by atoms with van der Waals surface area (Å²) in [5.74, 6) is -3.33. The zero-order valence-electron chi connectivity index (χ0n) is 15.9.